The van der Waals surface area contributed by atoms with Crippen molar-refractivity contribution in [3.8, 4) is 11.5 Å². The molecule has 0 aromatic heterocycles. The van der Waals surface area contributed by atoms with E-state index in [4.69, 9.17) is 21.1 Å². The highest BCUT2D eigenvalue weighted by atomic mass is 79.9. The molecule has 2 aromatic carbocycles. The van der Waals surface area contributed by atoms with E-state index in [1.54, 1.807) is 32.4 Å². The van der Waals surface area contributed by atoms with Crippen LogP contribution in [-0.4, -0.2) is 25.3 Å². The molecule has 27 heavy (non-hydrogen) atoms. The van der Waals surface area contributed by atoms with Crippen LogP contribution in [0.4, 0.5) is 5.69 Å². The monoisotopic (exact) mass is 466 g/mol. The average Bonchev–Trinajstić information content (AvgIpc) is 2.98. The molecule has 0 radical (unpaired) electrons. The lowest BCUT2D eigenvalue weighted by atomic mass is 10.1. The Hall–Kier alpha value is -1.96. The zero-order chi connectivity index (χ0) is 19.6. The molecule has 0 bridgehead atoms. The van der Waals surface area contributed by atoms with Gasteiger partial charge in [0.1, 0.15) is 11.5 Å². The van der Waals surface area contributed by atoms with Crippen LogP contribution in [0.15, 0.2) is 44.7 Å². The van der Waals surface area contributed by atoms with E-state index in [0.29, 0.717) is 26.6 Å². The van der Waals surface area contributed by atoms with Crippen molar-refractivity contribution >= 4 is 62.1 Å². The molecule has 0 saturated carbocycles. The fourth-order valence-electron chi connectivity index (χ4n) is 2.44. The highest BCUT2D eigenvalue weighted by molar-refractivity contribution is 9.10. The smallest absolute Gasteiger partial charge is 0.264 e. The number of halogens is 2. The van der Waals surface area contributed by atoms with Gasteiger partial charge in [-0.25, -0.2) is 4.99 Å². The minimum Gasteiger partial charge on any atom is -0.496 e. The number of benzene rings is 2. The Bertz CT molecular complexity index is 976. The number of hydrogen-bond acceptors (Lipinski definition) is 5. The second kappa shape index (κ2) is 8.37. The van der Waals surface area contributed by atoms with Crippen LogP contribution in [0.3, 0.4) is 0 Å². The van der Waals surface area contributed by atoms with Crippen molar-refractivity contribution in [3.05, 3.63) is 55.9 Å². The van der Waals surface area contributed by atoms with Crippen LogP contribution in [0.5, 0.6) is 11.5 Å². The molecule has 1 amide bonds. The molecule has 2 aromatic rings. The first-order valence-corrected chi connectivity index (χ1v) is 9.88. The quantitative estimate of drug-likeness (QED) is 0.618. The van der Waals surface area contributed by atoms with Crippen molar-refractivity contribution in [2.24, 2.45) is 4.99 Å². The van der Waals surface area contributed by atoms with Gasteiger partial charge in [0.15, 0.2) is 5.17 Å². The number of carbonyl (C=O) groups is 1. The lowest BCUT2D eigenvalue weighted by Crippen LogP contribution is -2.19. The third kappa shape index (κ3) is 4.31. The summed E-state index contributed by atoms with van der Waals surface area (Å²) >= 11 is 10.8. The van der Waals surface area contributed by atoms with Gasteiger partial charge in [-0.1, -0.05) is 17.7 Å². The van der Waals surface area contributed by atoms with Crippen molar-refractivity contribution in [1.82, 2.24) is 5.32 Å². The summed E-state index contributed by atoms with van der Waals surface area (Å²) in [4.78, 5) is 17.4. The number of aliphatic imine (C=N–C) groups is 1. The Balaban J connectivity index is 1.93. The van der Waals surface area contributed by atoms with Gasteiger partial charge in [-0.05, 0) is 64.5 Å². The maximum absolute atomic E-state index is 12.4. The number of nitrogens with zero attached hydrogens (tertiary/aromatic N) is 1. The number of nitrogens with one attached hydrogen (secondary N) is 1. The standard InChI is InChI=1S/C19H16BrClN2O3S/c1-10-13(21)5-4-6-14(10)22-19-23-18(24)17(27-19)8-11-7-12(20)16(26-3)9-15(11)25-2/h4-9H,1-3H3,(H,22,23,24)/b17-8-. The Morgan fingerprint density at radius 1 is 1.22 bits per heavy atom. The number of rotatable bonds is 4. The first-order valence-electron chi connectivity index (χ1n) is 7.89. The van der Waals surface area contributed by atoms with E-state index in [0.717, 1.165) is 21.3 Å². The van der Waals surface area contributed by atoms with E-state index in [1.807, 2.05) is 25.1 Å². The molecular formula is C19H16BrClN2O3S. The first-order chi connectivity index (χ1) is 12.9. The van der Waals surface area contributed by atoms with E-state index < -0.39 is 0 Å². The molecule has 0 spiro atoms. The molecule has 1 fully saturated rings. The minimum absolute atomic E-state index is 0.215. The lowest BCUT2D eigenvalue weighted by molar-refractivity contribution is -0.115. The SMILES string of the molecule is COc1cc(OC)c(/C=C2\SC(=Nc3cccc(Cl)c3C)NC2=O)cc1Br. The minimum atomic E-state index is -0.215. The Kier molecular flexibility index (Phi) is 6.14. The van der Waals surface area contributed by atoms with Crippen LogP contribution in [0.25, 0.3) is 6.08 Å². The maximum Gasteiger partial charge on any atom is 0.264 e. The topological polar surface area (TPSA) is 59.9 Å². The van der Waals surface area contributed by atoms with Crippen LogP contribution < -0.4 is 14.8 Å². The number of methoxy groups -OCH3 is 2. The Morgan fingerprint density at radius 3 is 2.67 bits per heavy atom. The van der Waals surface area contributed by atoms with Crippen molar-refractivity contribution < 1.29 is 14.3 Å². The molecule has 1 saturated heterocycles. The third-order valence-electron chi connectivity index (χ3n) is 3.90. The molecule has 0 aliphatic carbocycles. The van der Waals surface area contributed by atoms with Crippen molar-refractivity contribution in [3.63, 3.8) is 0 Å². The van der Waals surface area contributed by atoms with Gasteiger partial charge in [0.25, 0.3) is 5.91 Å². The predicted octanol–water partition coefficient (Wildman–Crippen LogP) is 5.32. The number of ether oxygens (including phenoxy) is 2. The van der Waals surface area contributed by atoms with Gasteiger partial charge in [-0.15, -0.1) is 0 Å². The second-order valence-electron chi connectivity index (χ2n) is 5.59. The summed E-state index contributed by atoms with van der Waals surface area (Å²) < 4.78 is 11.5. The lowest BCUT2D eigenvalue weighted by Gasteiger charge is -2.10. The number of amides is 1. The zero-order valence-electron chi connectivity index (χ0n) is 14.8. The predicted molar refractivity (Wildman–Crippen MR) is 114 cm³/mol. The summed E-state index contributed by atoms with van der Waals surface area (Å²) in [5, 5.41) is 3.92. The van der Waals surface area contributed by atoms with Crippen LogP contribution in [-0.2, 0) is 4.79 Å². The number of amidine groups is 1. The van der Waals surface area contributed by atoms with Gasteiger partial charge in [0, 0.05) is 16.7 Å². The molecule has 1 aliphatic rings. The molecule has 1 aliphatic heterocycles. The maximum atomic E-state index is 12.4. The molecule has 0 unspecified atom stereocenters. The summed E-state index contributed by atoms with van der Waals surface area (Å²) in [5.41, 5.74) is 2.33. The Labute approximate surface area is 174 Å². The van der Waals surface area contributed by atoms with E-state index >= 15 is 0 Å². The summed E-state index contributed by atoms with van der Waals surface area (Å²) in [6.07, 6.45) is 1.76. The molecule has 3 rings (SSSR count). The zero-order valence-corrected chi connectivity index (χ0v) is 18.0. The first kappa shape index (κ1) is 19.8. The Morgan fingerprint density at radius 2 is 1.96 bits per heavy atom. The summed E-state index contributed by atoms with van der Waals surface area (Å²) in [6, 6.07) is 9.09. The summed E-state index contributed by atoms with van der Waals surface area (Å²) in [5.74, 6) is 1.04. The van der Waals surface area contributed by atoms with Gasteiger partial charge in [0.2, 0.25) is 0 Å². The normalized spacial score (nSPS) is 16.7. The van der Waals surface area contributed by atoms with Crippen LogP contribution >= 0.6 is 39.3 Å². The van der Waals surface area contributed by atoms with Crippen molar-refractivity contribution in [2.75, 3.05) is 14.2 Å². The van der Waals surface area contributed by atoms with Gasteiger partial charge in [-0.2, -0.15) is 0 Å². The van der Waals surface area contributed by atoms with Crippen LogP contribution in [0.1, 0.15) is 11.1 Å². The van der Waals surface area contributed by atoms with E-state index in [2.05, 4.69) is 26.2 Å². The fraction of sp³-hybridized carbons (Fsp3) is 0.158. The van der Waals surface area contributed by atoms with Gasteiger partial charge < -0.3 is 14.8 Å². The largest absolute Gasteiger partial charge is 0.496 e. The molecule has 0 atom stereocenters. The highest BCUT2D eigenvalue weighted by Crippen LogP contribution is 2.36. The average molecular weight is 468 g/mol. The van der Waals surface area contributed by atoms with Crippen molar-refractivity contribution in [2.45, 2.75) is 6.92 Å². The van der Waals surface area contributed by atoms with Crippen LogP contribution in [0.2, 0.25) is 5.02 Å². The highest BCUT2D eigenvalue weighted by Gasteiger charge is 2.25. The molecular weight excluding hydrogens is 452 g/mol. The molecule has 1 heterocycles. The van der Waals surface area contributed by atoms with E-state index in [9.17, 15) is 4.79 Å². The summed E-state index contributed by atoms with van der Waals surface area (Å²) in [6.45, 7) is 1.89. The second-order valence-corrected chi connectivity index (χ2v) is 7.89. The summed E-state index contributed by atoms with van der Waals surface area (Å²) in [7, 11) is 3.15. The van der Waals surface area contributed by atoms with Crippen LogP contribution in [0, 0.1) is 6.92 Å². The van der Waals surface area contributed by atoms with Gasteiger partial charge in [0.05, 0.1) is 29.3 Å². The molecule has 1 N–H and O–H groups in total. The van der Waals surface area contributed by atoms with E-state index in [-0.39, 0.29) is 5.91 Å². The number of thioether (sulfide) groups is 1. The fourth-order valence-corrected chi connectivity index (χ4v) is 3.96. The van der Waals surface area contributed by atoms with Crippen molar-refractivity contribution in [1.29, 1.82) is 0 Å². The molecule has 8 heteroatoms. The number of carbonyl (C=O) groups excluding carboxylic acids is 1. The number of hydrogen-bond donors (Lipinski definition) is 1. The molecule has 5 nitrogen and oxygen atoms in total. The molecule has 140 valence electrons. The van der Waals surface area contributed by atoms with Gasteiger partial charge >= 0.3 is 0 Å². The van der Waals surface area contributed by atoms with E-state index in [1.165, 1.54) is 11.8 Å². The third-order valence-corrected chi connectivity index (χ3v) is 5.84. The van der Waals surface area contributed by atoms with Gasteiger partial charge in [-0.3, -0.25) is 4.79 Å².